The topological polar surface area (TPSA) is 122 Å². The molecule has 3 aromatic carbocycles. The predicted octanol–water partition coefficient (Wildman–Crippen LogP) is 16.1. The molecule has 11 aliphatic carbocycles. The van der Waals surface area contributed by atoms with Crippen molar-refractivity contribution in [1.82, 2.24) is 10.6 Å². The van der Waals surface area contributed by atoms with Gasteiger partial charge in [-0.15, -0.1) is 0 Å². The van der Waals surface area contributed by atoms with Gasteiger partial charge < -0.3 is 31.1 Å². The van der Waals surface area contributed by atoms with E-state index in [1.807, 2.05) is 0 Å². The molecule has 7 heteroatoms. The normalized spacial score (nSPS) is 41.0. The molecule has 480 valence electrons. The molecule has 0 amide bonds. The molecule has 0 radical (unpaired) electrons. The van der Waals surface area contributed by atoms with Gasteiger partial charge in [-0.05, 0) is 249 Å². The second-order valence-corrected chi connectivity index (χ2v) is 33.2. The minimum atomic E-state index is -1.05. The number of carbonyl (C=O) groups is 1. The molecule has 3 spiro atoms. The molecule has 14 bridgehead atoms. The minimum Gasteiger partial charge on any atom is -0.516 e. The quantitative estimate of drug-likeness (QED) is 0.103. The first-order chi connectivity index (χ1) is 44.1. The number of rotatable bonds is 7. The maximum Gasteiger partial charge on any atom is 0.307 e. The number of carboxylic acid groups (broad SMARTS) is 1. The van der Waals surface area contributed by atoms with Crippen LogP contribution in [0, 0.1) is 91.2 Å². The van der Waals surface area contributed by atoms with Crippen molar-refractivity contribution >= 4 is 23.2 Å². The number of aliphatic carboxylic acids is 1. The molecule has 6 aliphatic heterocycles. The molecule has 5 saturated carbocycles. The summed E-state index contributed by atoms with van der Waals surface area (Å²) in [5, 5.41) is 61.5. The van der Waals surface area contributed by atoms with Crippen molar-refractivity contribution in [3.63, 3.8) is 0 Å². The maximum atomic E-state index is 15.2. The standard InChI is InChI=1S/C84H104N2O5/c1-53(2)43-62-31-36-78(3)73(88)35-40-82-68-32-37-79(4)83-41-34-67-69(33-39-80(67)38-30-55(47-80)25-24-54-15-7-5-8-16-54)84(79,50-74(83)89)72(68)49-81(62,77(78)82)48-66-65(64-22-12-11-20-59(64)46-71(66)82)45-56-17-13-21-58(44-56)60-27-29-75(86-51-60)85-42-14-23-63(57-18-9-6-10-19-57)61(52-87)26-28-70(83)76(90)91/h5,7-8,11-13,15-17,20-22,27,29,31,34,41,44,46,48,52-53,55,57,63,67,69-71,73-74,77,85-89H,6,9-10,14,18-19,23-26,28,30,32-33,35-40,42-43,45,47,49-51H2,1-4H3,(H,90,91)/b61-52+/t55-,63+,67-,69-,70+,71-,73+,74-,77-,78-,79-,80-,81-,82-,83+,84-/m1/s1. The maximum absolute atomic E-state index is 15.2. The van der Waals surface area contributed by atoms with E-state index in [4.69, 9.17) is 0 Å². The number of aliphatic hydroxyl groups excluding tert-OH is 3. The van der Waals surface area contributed by atoms with Crippen molar-refractivity contribution in [1.29, 1.82) is 0 Å². The number of benzene rings is 3. The highest BCUT2D eigenvalue weighted by Crippen LogP contribution is 2.86. The number of allylic oxidation sites excluding steroid dienone is 10. The van der Waals surface area contributed by atoms with E-state index in [0.717, 1.165) is 114 Å². The predicted molar refractivity (Wildman–Crippen MR) is 366 cm³/mol. The fourth-order valence-electron chi connectivity index (χ4n) is 25.6. The van der Waals surface area contributed by atoms with Gasteiger partial charge in [0.1, 0.15) is 0 Å². The molecule has 6 N–H and O–H groups in total. The van der Waals surface area contributed by atoms with E-state index in [0.29, 0.717) is 37.0 Å². The molecule has 6 heterocycles. The van der Waals surface area contributed by atoms with Gasteiger partial charge in [-0.1, -0.05) is 179 Å². The number of aryl methyl sites for hydroxylation is 1. The van der Waals surface area contributed by atoms with Crippen LogP contribution in [0.15, 0.2) is 155 Å². The summed E-state index contributed by atoms with van der Waals surface area (Å²) in [7, 11) is 0. The third-order valence-electron chi connectivity index (χ3n) is 29.2. The zero-order chi connectivity index (χ0) is 62.3. The van der Waals surface area contributed by atoms with E-state index < -0.39 is 45.8 Å². The van der Waals surface area contributed by atoms with Crippen LogP contribution in [-0.2, 0) is 17.6 Å². The van der Waals surface area contributed by atoms with Gasteiger partial charge in [0, 0.05) is 46.1 Å². The zero-order valence-electron chi connectivity index (χ0n) is 55.3. The molecule has 91 heavy (non-hydrogen) atoms. The summed E-state index contributed by atoms with van der Waals surface area (Å²) in [6, 6.07) is 29.8. The van der Waals surface area contributed by atoms with Gasteiger partial charge in [0.05, 0.1) is 30.2 Å². The van der Waals surface area contributed by atoms with Crippen molar-refractivity contribution in [2.24, 2.45) is 91.2 Å². The van der Waals surface area contributed by atoms with Gasteiger partial charge in [-0.3, -0.25) is 4.79 Å². The first-order valence-electron chi connectivity index (χ1n) is 36.7. The van der Waals surface area contributed by atoms with Crippen LogP contribution in [-0.4, -0.2) is 51.7 Å². The number of hydrogen-bond acceptors (Lipinski definition) is 6. The van der Waals surface area contributed by atoms with Crippen molar-refractivity contribution in [2.45, 2.75) is 200 Å². The Morgan fingerprint density at radius 3 is 2.43 bits per heavy atom. The van der Waals surface area contributed by atoms with Crippen LogP contribution in [0.5, 0.6) is 0 Å². The largest absolute Gasteiger partial charge is 0.516 e. The van der Waals surface area contributed by atoms with Gasteiger partial charge in [0.15, 0.2) is 0 Å². The highest BCUT2D eigenvalue weighted by Gasteiger charge is 2.81. The van der Waals surface area contributed by atoms with Gasteiger partial charge in [0.2, 0.25) is 0 Å². The number of aliphatic hydroxyl groups is 3. The first kappa shape index (κ1) is 60.3. The highest BCUT2D eigenvalue weighted by molar-refractivity contribution is 5.78. The number of nitrogens with one attached hydrogen (secondary N) is 2. The lowest BCUT2D eigenvalue weighted by atomic mass is 9.29. The smallest absolute Gasteiger partial charge is 0.307 e. The van der Waals surface area contributed by atoms with E-state index in [2.05, 4.69) is 160 Å². The summed E-state index contributed by atoms with van der Waals surface area (Å²) >= 11 is 0. The number of fused-ring (bicyclic) bond motifs is 3. The van der Waals surface area contributed by atoms with Gasteiger partial charge >= 0.3 is 5.97 Å². The first-order valence-corrected chi connectivity index (χ1v) is 36.7. The third-order valence-corrected chi connectivity index (χ3v) is 29.2. The Kier molecular flexibility index (Phi) is 14.9. The second kappa shape index (κ2) is 22.5. The van der Waals surface area contributed by atoms with E-state index in [1.54, 1.807) is 16.7 Å². The Labute approximate surface area is 543 Å². The molecular weight excluding hydrogens is 1120 g/mol. The van der Waals surface area contributed by atoms with E-state index in [9.17, 15) is 20.4 Å². The monoisotopic (exact) mass is 1220 g/mol. The molecule has 0 saturated heterocycles. The Morgan fingerprint density at radius 1 is 0.802 bits per heavy atom. The fourth-order valence-corrected chi connectivity index (χ4v) is 25.6. The van der Waals surface area contributed by atoms with Crippen LogP contribution in [0.3, 0.4) is 0 Å². The number of dihydropyridines is 1. The minimum absolute atomic E-state index is 0.0772. The molecule has 0 unspecified atom stereocenters. The Bertz CT molecular complexity index is 3760. The molecule has 7 nitrogen and oxygen atoms in total. The van der Waals surface area contributed by atoms with Crippen molar-refractivity contribution in [3.8, 4) is 0 Å². The van der Waals surface area contributed by atoms with Crippen LogP contribution in [0.25, 0.3) is 17.2 Å². The van der Waals surface area contributed by atoms with Crippen molar-refractivity contribution < 1.29 is 25.2 Å². The second-order valence-electron chi connectivity index (χ2n) is 33.2. The van der Waals surface area contributed by atoms with E-state index in [1.165, 1.54) is 101 Å². The lowest BCUT2D eigenvalue weighted by Gasteiger charge is -2.74. The summed E-state index contributed by atoms with van der Waals surface area (Å²) in [5.41, 5.74) is 11.0. The molecule has 5 fully saturated rings. The van der Waals surface area contributed by atoms with Crippen LogP contribution in [0.1, 0.15) is 192 Å². The highest BCUT2D eigenvalue weighted by atomic mass is 16.4. The van der Waals surface area contributed by atoms with Crippen LogP contribution < -0.4 is 21.1 Å². The third kappa shape index (κ3) is 8.85. The van der Waals surface area contributed by atoms with Gasteiger partial charge in [-0.25, -0.2) is 0 Å². The van der Waals surface area contributed by atoms with Crippen molar-refractivity contribution in [2.75, 3.05) is 13.1 Å². The molecule has 16 atom stereocenters. The number of carboxylic acids is 1. The van der Waals surface area contributed by atoms with Crippen LogP contribution >= 0.6 is 0 Å². The Hall–Kier alpha value is -5.63. The van der Waals surface area contributed by atoms with Crippen molar-refractivity contribution in [3.05, 3.63) is 182 Å². The van der Waals surface area contributed by atoms with Crippen LogP contribution in [0.2, 0.25) is 0 Å². The van der Waals surface area contributed by atoms with Gasteiger partial charge in [-0.2, -0.15) is 0 Å². The Morgan fingerprint density at radius 2 is 1.63 bits per heavy atom. The summed E-state index contributed by atoms with van der Waals surface area (Å²) in [6.45, 7) is 11.4. The summed E-state index contributed by atoms with van der Waals surface area (Å²) in [5.74, 6) is 1.82. The average Bonchev–Trinajstić information content (AvgIpc) is 1.62. The lowest BCUT2D eigenvalue weighted by molar-refractivity contribution is -0.171. The van der Waals surface area contributed by atoms with Gasteiger partial charge in [0.25, 0.3) is 0 Å². The number of hydrogen-bond donors (Lipinski definition) is 6. The molecule has 20 rings (SSSR count). The molecule has 0 aromatic heterocycles. The average molecular weight is 1220 g/mol. The fraction of sp³-hybridized carbons (Fsp3) is 0.583. The summed E-state index contributed by atoms with van der Waals surface area (Å²) in [4.78, 5) is 15.2. The molecule has 3 aromatic rings. The zero-order valence-corrected chi connectivity index (χ0v) is 55.3. The molecule has 17 aliphatic rings. The van der Waals surface area contributed by atoms with E-state index in [-0.39, 0.29) is 45.8 Å². The Balaban J connectivity index is 0.927. The molecular formula is C84H104N2O5. The summed E-state index contributed by atoms with van der Waals surface area (Å²) < 4.78 is 0. The lowest BCUT2D eigenvalue weighted by Crippen LogP contribution is -2.69. The van der Waals surface area contributed by atoms with Crippen LogP contribution in [0.4, 0.5) is 0 Å². The SMILES string of the molecule is CC(C)CC1=CC[C@]2(C)[C@@H](O)CC[C@@]34C5=C6C[C@@]1(C=C1C(=c7ccccc7=C[C@H]13)Cc1cccc(c1)C1=CC=C(NCCC[C@@H](C3CCCCC3)/C(=C/O)CC[C@@H](C(=O)O)[C@@]37C=C[C@@H]8[C@@H](CC[C@@]89CC[C@@H](CCc8ccccc8)C9)[C@@]6(C[C@H]3O)[C@]7(C)CC5)NC1)[C@@H]24. The summed E-state index contributed by atoms with van der Waals surface area (Å²) in [6.07, 6.45) is 42.4. The van der Waals surface area contributed by atoms with E-state index >= 15 is 4.79 Å².